The molecule has 2 atom stereocenters. The van der Waals surface area contributed by atoms with E-state index in [0.717, 1.165) is 51.6 Å². The van der Waals surface area contributed by atoms with E-state index in [-0.39, 0.29) is 6.04 Å². The molecule has 26 heavy (non-hydrogen) atoms. The van der Waals surface area contributed by atoms with E-state index in [2.05, 4.69) is 51.9 Å². The van der Waals surface area contributed by atoms with Gasteiger partial charge in [-0.3, -0.25) is 14.5 Å². The van der Waals surface area contributed by atoms with Crippen molar-refractivity contribution in [2.75, 3.05) is 39.4 Å². The normalized spacial score (nSPS) is 25.0. The Bertz CT molecular complexity index is 708. The molecule has 2 aliphatic heterocycles. The first-order valence-corrected chi connectivity index (χ1v) is 9.55. The first-order chi connectivity index (χ1) is 12.7. The average molecular weight is 355 g/mol. The predicted molar refractivity (Wildman–Crippen MR) is 102 cm³/mol. The third-order valence-electron chi connectivity index (χ3n) is 5.60. The largest absolute Gasteiger partial charge is 0.378 e. The Hall–Kier alpha value is -1.73. The van der Waals surface area contributed by atoms with Gasteiger partial charge in [-0.1, -0.05) is 30.3 Å². The molecule has 2 fully saturated rings. The summed E-state index contributed by atoms with van der Waals surface area (Å²) in [7, 11) is 0. The maximum absolute atomic E-state index is 6.16. The highest BCUT2D eigenvalue weighted by molar-refractivity contribution is 5.19. The Labute approximate surface area is 155 Å². The van der Waals surface area contributed by atoms with E-state index in [1.165, 1.54) is 11.1 Å². The summed E-state index contributed by atoms with van der Waals surface area (Å²) in [6.45, 7) is 9.69. The lowest BCUT2D eigenvalue weighted by molar-refractivity contribution is 0.0789. The fraction of sp³-hybridized carbons (Fsp3) is 0.550. The molecule has 4 rings (SSSR count). The summed E-state index contributed by atoms with van der Waals surface area (Å²) in [6, 6.07) is 11.1. The van der Waals surface area contributed by atoms with Crippen LogP contribution in [0.2, 0.25) is 0 Å². The standard InChI is InChI=1S/C20H29N5O/c1-16-18(13-25(22-16)11-17-5-3-2-4-6-17)12-23-7-9-24(10-8-23)20-15-26-14-19(20)21/h2-6,13,19-20H,7-12,14-15,21H2,1H3/t19-,20-/m1/s1. The zero-order chi connectivity index (χ0) is 17.9. The van der Waals surface area contributed by atoms with Crippen molar-refractivity contribution < 1.29 is 4.74 Å². The molecule has 140 valence electrons. The van der Waals surface area contributed by atoms with Gasteiger partial charge in [0.05, 0.1) is 31.5 Å². The average Bonchev–Trinajstić information content (AvgIpc) is 3.22. The molecule has 0 amide bonds. The Morgan fingerprint density at radius 2 is 1.85 bits per heavy atom. The molecule has 1 aromatic heterocycles. The van der Waals surface area contributed by atoms with Gasteiger partial charge < -0.3 is 10.5 Å². The van der Waals surface area contributed by atoms with Gasteiger partial charge in [0.25, 0.3) is 0 Å². The van der Waals surface area contributed by atoms with Crippen molar-refractivity contribution in [3.8, 4) is 0 Å². The Balaban J connectivity index is 1.32. The summed E-state index contributed by atoms with van der Waals surface area (Å²) < 4.78 is 7.58. The molecule has 6 nitrogen and oxygen atoms in total. The summed E-state index contributed by atoms with van der Waals surface area (Å²) in [4.78, 5) is 5.02. The zero-order valence-corrected chi connectivity index (χ0v) is 15.6. The number of hydrogen-bond acceptors (Lipinski definition) is 5. The van der Waals surface area contributed by atoms with Crippen LogP contribution in [0.15, 0.2) is 36.5 Å². The number of aryl methyl sites for hydroxylation is 1. The number of aromatic nitrogens is 2. The summed E-state index contributed by atoms with van der Waals surface area (Å²) in [5.41, 5.74) is 9.91. The van der Waals surface area contributed by atoms with Gasteiger partial charge in [-0.05, 0) is 12.5 Å². The quantitative estimate of drug-likeness (QED) is 0.870. The van der Waals surface area contributed by atoms with Crippen LogP contribution in [0.25, 0.3) is 0 Å². The molecule has 1 aromatic carbocycles. The van der Waals surface area contributed by atoms with Crippen molar-refractivity contribution in [2.24, 2.45) is 5.73 Å². The van der Waals surface area contributed by atoms with Crippen LogP contribution in [-0.4, -0.2) is 71.1 Å². The SMILES string of the molecule is Cc1nn(Cc2ccccc2)cc1CN1CCN([C@@H]2COC[C@H]2N)CC1. The monoisotopic (exact) mass is 355 g/mol. The van der Waals surface area contributed by atoms with E-state index >= 15 is 0 Å². The van der Waals surface area contributed by atoms with Crippen LogP contribution < -0.4 is 5.73 Å². The lowest BCUT2D eigenvalue weighted by Crippen LogP contribution is -2.55. The van der Waals surface area contributed by atoms with Crippen LogP contribution in [0.3, 0.4) is 0 Å². The van der Waals surface area contributed by atoms with Crippen molar-refractivity contribution in [1.29, 1.82) is 0 Å². The maximum atomic E-state index is 6.16. The molecule has 0 radical (unpaired) electrons. The second-order valence-corrected chi connectivity index (χ2v) is 7.50. The number of nitrogens with two attached hydrogens (primary N) is 1. The van der Waals surface area contributed by atoms with E-state index in [1.54, 1.807) is 0 Å². The van der Waals surface area contributed by atoms with Gasteiger partial charge in [-0.2, -0.15) is 5.10 Å². The maximum Gasteiger partial charge on any atom is 0.0659 e. The highest BCUT2D eigenvalue weighted by Gasteiger charge is 2.32. The van der Waals surface area contributed by atoms with Crippen LogP contribution in [-0.2, 0) is 17.8 Å². The molecule has 0 unspecified atom stereocenters. The van der Waals surface area contributed by atoms with Crippen molar-refractivity contribution in [2.45, 2.75) is 32.1 Å². The van der Waals surface area contributed by atoms with Crippen LogP contribution in [0, 0.1) is 6.92 Å². The lowest BCUT2D eigenvalue weighted by Gasteiger charge is -2.38. The van der Waals surface area contributed by atoms with E-state index in [1.807, 2.05) is 6.07 Å². The number of benzene rings is 1. The van der Waals surface area contributed by atoms with E-state index in [4.69, 9.17) is 15.6 Å². The molecular formula is C20H29N5O. The number of nitrogens with zero attached hydrogens (tertiary/aromatic N) is 4. The number of piperazine rings is 1. The van der Waals surface area contributed by atoms with Gasteiger partial charge in [-0.25, -0.2) is 0 Å². The second-order valence-electron chi connectivity index (χ2n) is 7.50. The molecule has 0 aliphatic carbocycles. The van der Waals surface area contributed by atoms with Crippen molar-refractivity contribution in [3.05, 3.63) is 53.3 Å². The molecule has 6 heteroatoms. The second kappa shape index (κ2) is 7.88. The van der Waals surface area contributed by atoms with Crippen LogP contribution in [0.4, 0.5) is 0 Å². The molecule has 2 N–H and O–H groups in total. The number of ether oxygens (including phenoxy) is 1. The predicted octanol–water partition coefficient (Wildman–Crippen LogP) is 1.08. The summed E-state index contributed by atoms with van der Waals surface area (Å²) in [5, 5.41) is 4.71. The summed E-state index contributed by atoms with van der Waals surface area (Å²) in [6.07, 6.45) is 2.20. The minimum absolute atomic E-state index is 0.167. The number of rotatable bonds is 5. The lowest BCUT2D eigenvalue weighted by atomic mass is 10.1. The molecule has 3 heterocycles. The van der Waals surface area contributed by atoms with Crippen LogP contribution >= 0.6 is 0 Å². The highest BCUT2D eigenvalue weighted by atomic mass is 16.5. The van der Waals surface area contributed by atoms with Gasteiger partial charge in [0.2, 0.25) is 0 Å². The zero-order valence-electron chi connectivity index (χ0n) is 15.6. The molecule has 0 saturated carbocycles. The van der Waals surface area contributed by atoms with Crippen LogP contribution in [0.1, 0.15) is 16.8 Å². The molecule has 2 aliphatic rings. The fourth-order valence-electron chi connectivity index (χ4n) is 4.00. The van der Waals surface area contributed by atoms with Gasteiger partial charge >= 0.3 is 0 Å². The van der Waals surface area contributed by atoms with Gasteiger partial charge in [0.15, 0.2) is 0 Å². The summed E-state index contributed by atoms with van der Waals surface area (Å²) in [5.74, 6) is 0. The van der Waals surface area contributed by atoms with E-state index < -0.39 is 0 Å². The summed E-state index contributed by atoms with van der Waals surface area (Å²) >= 11 is 0. The van der Waals surface area contributed by atoms with Crippen molar-refractivity contribution in [1.82, 2.24) is 19.6 Å². The Morgan fingerprint density at radius 1 is 1.08 bits per heavy atom. The minimum Gasteiger partial charge on any atom is -0.378 e. The van der Waals surface area contributed by atoms with Crippen molar-refractivity contribution >= 4 is 0 Å². The van der Waals surface area contributed by atoms with Crippen molar-refractivity contribution in [3.63, 3.8) is 0 Å². The van der Waals surface area contributed by atoms with Crippen LogP contribution in [0.5, 0.6) is 0 Å². The fourth-order valence-corrected chi connectivity index (χ4v) is 4.00. The smallest absolute Gasteiger partial charge is 0.0659 e. The number of hydrogen-bond donors (Lipinski definition) is 1. The molecule has 2 aromatic rings. The highest BCUT2D eigenvalue weighted by Crippen LogP contribution is 2.17. The third-order valence-corrected chi connectivity index (χ3v) is 5.60. The van der Waals surface area contributed by atoms with E-state index in [9.17, 15) is 0 Å². The minimum atomic E-state index is 0.167. The van der Waals surface area contributed by atoms with E-state index in [0.29, 0.717) is 12.6 Å². The Morgan fingerprint density at radius 3 is 2.54 bits per heavy atom. The Kier molecular flexibility index (Phi) is 5.36. The molecule has 0 spiro atoms. The van der Waals surface area contributed by atoms with Gasteiger partial charge in [-0.15, -0.1) is 0 Å². The topological polar surface area (TPSA) is 59.5 Å². The first kappa shape index (κ1) is 17.7. The van der Waals surface area contributed by atoms with Gasteiger partial charge in [0, 0.05) is 50.5 Å². The molecule has 0 bridgehead atoms. The molecular weight excluding hydrogens is 326 g/mol. The third kappa shape index (κ3) is 3.99. The molecule has 2 saturated heterocycles. The van der Waals surface area contributed by atoms with Gasteiger partial charge in [0.1, 0.15) is 0 Å². The first-order valence-electron chi connectivity index (χ1n) is 9.55.